The fourth-order valence-electron chi connectivity index (χ4n) is 4.31. The minimum Gasteiger partial charge on any atom is -0.491 e. The van der Waals surface area contributed by atoms with Crippen LogP contribution in [0.15, 0.2) is 84.9 Å². The van der Waals surface area contributed by atoms with E-state index in [9.17, 15) is 9.90 Å². The van der Waals surface area contributed by atoms with Gasteiger partial charge in [-0.2, -0.15) is 0 Å². The third kappa shape index (κ3) is 4.09. The fraction of sp³-hybridized carbons (Fsp3) is 0.231. The van der Waals surface area contributed by atoms with E-state index < -0.39 is 6.10 Å². The maximum absolute atomic E-state index is 12.8. The molecule has 3 aromatic carbocycles. The van der Waals surface area contributed by atoms with Crippen LogP contribution in [-0.2, 0) is 11.3 Å². The Morgan fingerprint density at radius 1 is 0.969 bits per heavy atom. The van der Waals surface area contributed by atoms with Crippen molar-refractivity contribution in [2.75, 3.05) is 18.1 Å². The Kier molecular flexibility index (Phi) is 5.60. The van der Waals surface area contributed by atoms with Crippen molar-refractivity contribution < 1.29 is 14.6 Å². The molecular weight excluding hydrogens is 402 g/mol. The summed E-state index contributed by atoms with van der Waals surface area (Å²) < 4.78 is 7.78. The first kappa shape index (κ1) is 20.3. The number of carbonyl (C=O) groups is 1. The molecule has 0 bridgehead atoms. The van der Waals surface area contributed by atoms with E-state index in [2.05, 4.69) is 0 Å². The van der Waals surface area contributed by atoms with Gasteiger partial charge in [-0.15, -0.1) is 0 Å². The summed E-state index contributed by atoms with van der Waals surface area (Å²) in [6.07, 6.45) is -0.316. The van der Waals surface area contributed by atoms with E-state index in [4.69, 9.17) is 9.72 Å². The lowest BCUT2D eigenvalue weighted by Crippen LogP contribution is -2.26. The van der Waals surface area contributed by atoms with Gasteiger partial charge in [-0.05, 0) is 36.4 Å². The van der Waals surface area contributed by atoms with Crippen LogP contribution in [-0.4, -0.2) is 39.8 Å². The topological polar surface area (TPSA) is 67.6 Å². The predicted molar refractivity (Wildman–Crippen MR) is 124 cm³/mol. The molecule has 1 fully saturated rings. The second-order valence-electron chi connectivity index (χ2n) is 8.09. The van der Waals surface area contributed by atoms with Gasteiger partial charge in [0.25, 0.3) is 0 Å². The van der Waals surface area contributed by atoms with Crippen molar-refractivity contribution in [3.8, 4) is 5.75 Å². The van der Waals surface area contributed by atoms with E-state index in [1.165, 1.54) is 0 Å². The Morgan fingerprint density at radius 2 is 1.66 bits per heavy atom. The summed E-state index contributed by atoms with van der Waals surface area (Å²) in [5.74, 6) is 1.60. The normalized spacial score (nSPS) is 17.1. The number of para-hydroxylation sites is 4. The van der Waals surface area contributed by atoms with Crippen LogP contribution in [0.3, 0.4) is 0 Å². The first-order chi connectivity index (χ1) is 15.7. The van der Waals surface area contributed by atoms with Gasteiger partial charge < -0.3 is 19.3 Å². The highest BCUT2D eigenvalue weighted by Crippen LogP contribution is 2.33. The average Bonchev–Trinajstić information content (AvgIpc) is 3.39. The first-order valence-electron chi connectivity index (χ1n) is 10.9. The number of aliphatic hydroxyl groups is 1. The van der Waals surface area contributed by atoms with E-state index in [1.54, 1.807) is 0 Å². The standard InChI is InChI=1S/C26H25N3O3/c30-21(18-32-22-11-5-2-6-12-22)17-29-24-14-8-7-13-23(24)27-26(29)19-15-25(31)28(16-19)20-9-3-1-4-10-20/h1-14,19,21,30H,15-18H2/t19-,21-/m1/s1. The molecule has 1 amide bonds. The monoisotopic (exact) mass is 427 g/mol. The molecule has 2 heterocycles. The zero-order valence-corrected chi connectivity index (χ0v) is 17.7. The van der Waals surface area contributed by atoms with Crippen LogP contribution in [0, 0.1) is 0 Å². The summed E-state index contributed by atoms with van der Waals surface area (Å²) in [5, 5.41) is 10.7. The van der Waals surface area contributed by atoms with E-state index in [0.717, 1.165) is 28.3 Å². The number of hydrogen-bond donors (Lipinski definition) is 1. The molecule has 0 aliphatic carbocycles. The van der Waals surface area contributed by atoms with Crippen molar-refractivity contribution >= 4 is 22.6 Å². The Hall–Kier alpha value is -3.64. The molecule has 1 N–H and O–H groups in total. The van der Waals surface area contributed by atoms with Crippen LogP contribution < -0.4 is 9.64 Å². The molecular formula is C26H25N3O3. The lowest BCUT2D eigenvalue weighted by molar-refractivity contribution is -0.117. The molecule has 6 nitrogen and oxygen atoms in total. The molecule has 5 rings (SSSR count). The molecule has 1 aliphatic rings. The summed E-state index contributed by atoms with van der Waals surface area (Å²) in [6, 6.07) is 27.1. The molecule has 1 aromatic heterocycles. The van der Waals surface area contributed by atoms with Gasteiger partial charge in [-0.25, -0.2) is 4.98 Å². The minimum absolute atomic E-state index is 0.0441. The average molecular weight is 428 g/mol. The summed E-state index contributed by atoms with van der Waals surface area (Å²) in [4.78, 5) is 19.5. The van der Waals surface area contributed by atoms with Gasteiger partial charge in [0.05, 0.1) is 17.6 Å². The van der Waals surface area contributed by atoms with E-state index in [0.29, 0.717) is 19.5 Å². The molecule has 32 heavy (non-hydrogen) atoms. The van der Waals surface area contributed by atoms with Gasteiger partial charge in [0.15, 0.2) is 0 Å². The molecule has 4 aromatic rings. The Morgan fingerprint density at radius 3 is 2.44 bits per heavy atom. The van der Waals surface area contributed by atoms with Crippen molar-refractivity contribution in [1.82, 2.24) is 9.55 Å². The number of aliphatic hydroxyl groups excluding tert-OH is 1. The minimum atomic E-state index is -0.714. The van der Waals surface area contributed by atoms with Crippen LogP contribution in [0.4, 0.5) is 5.69 Å². The molecule has 1 saturated heterocycles. The Labute approximate surface area is 186 Å². The zero-order chi connectivity index (χ0) is 21.9. The largest absolute Gasteiger partial charge is 0.491 e. The van der Waals surface area contributed by atoms with Crippen LogP contribution in [0.2, 0.25) is 0 Å². The van der Waals surface area contributed by atoms with E-state index in [1.807, 2.05) is 94.4 Å². The van der Waals surface area contributed by atoms with E-state index >= 15 is 0 Å². The predicted octanol–water partition coefficient (Wildman–Crippen LogP) is 4.00. The third-order valence-corrected chi connectivity index (χ3v) is 5.82. The highest BCUT2D eigenvalue weighted by atomic mass is 16.5. The Bertz CT molecular complexity index is 1210. The maximum Gasteiger partial charge on any atom is 0.227 e. The van der Waals surface area contributed by atoms with Gasteiger partial charge in [0.2, 0.25) is 5.91 Å². The van der Waals surface area contributed by atoms with Crippen LogP contribution >= 0.6 is 0 Å². The van der Waals surface area contributed by atoms with Crippen LogP contribution in [0.1, 0.15) is 18.2 Å². The second kappa shape index (κ2) is 8.85. The van der Waals surface area contributed by atoms with Crippen LogP contribution in [0.25, 0.3) is 11.0 Å². The number of ether oxygens (including phenoxy) is 1. The summed E-state index contributed by atoms with van der Waals surface area (Å²) >= 11 is 0. The van der Waals surface area contributed by atoms with Crippen molar-refractivity contribution in [2.45, 2.75) is 25.0 Å². The van der Waals surface area contributed by atoms with Crippen molar-refractivity contribution in [1.29, 1.82) is 0 Å². The second-order valence-corrected chi connectivity index (χ2v) is 8.09. The summed E-state index contributed by atoms with van der Waals surface area (Å²) in [5.41, 5.74) is 2.72. The van der Waals surface area contributed by atoms with Gasteiger partial charge in [0, 0.05) is 24.6 Å². The van der Waals surface area contributed by atoms with Gasteiger partial charge in [-0.3, -0.25) is 4.79 Å². The molecule has 2 atom stereocenters. The molecule has 162 valence electrons. The molecule has 1 aliphatic heterocycles. The SMILES string of the molecule is O=C1C[C@@H](c2nc3ccccc3n2C[C@@H](O)COc2ccccc2)CN1c1ccccc1. The maximum atomic E-state index is 12.8. The number of hydrogen-bond acceptors (Lipinski definition) is 4. The summed E-state index contributed by atoms with van der Waals surface area (Å²) in [7, 11) is 0. The molecule has 0 saturated carbocycles. The third-order valence-electron chi connectivity index (χ3n) is 5.82. The fourth-order valence-corrected chi connectivity index (χ4v) is 4.31. The van der Waals surface area contributed by atoms with Crippen LogP contribution in [0.5, 0.6) is 5.75 Å². The number of carbonyl (C=O) groups excluding carboxylic acids is 1. The van der Waals surface area contributed by atoms with Gasteiger partial charge in [-0.1, -0.05) is 48.5 Å². The van der Waals surface area contributed by atoms with Gasteiger partial charge >= 0.3 is 0 Å². The lowest BCUT2D eigenvalue weighted by Gasteiger charge is -2.19. The lowest BCUT2D eigenvalue weighted by atomic mass is 10.1. The zero-order valence-electron chi connectivity index (χ0n) is 17.7. The summed E-state index contributed by atoms with van der Waals surface area (Å²) in [6.45, 7) is 1.09. The molecule has 0 spiro atoms. The number of rotatable bonds is 7. The number of amides is 1. The number of benzene rings is 3. The van der Waals surface area contributed by atoms with Gasteiger partial charge in [0.1, 0.15) is 24.3 Å². The van der Waals surface area contributed by atoms with E-state index in [-0.39, 0.29) is 18.4 Å². The highest BCUT2D eigenvalue weighted by molar-refractivity contribution is 5.96. The highest BCUT2D eigenvalue weighted by Gasteiger charge is 2.35. The van der Waals surface area contributed by atoms with Crippen molar-refractivity contribution in [3.63, 3.8) is 0 Å². The number of anilines is 1. The first-order valence-corrected chi connectivity index (χ1v) is 10.9. The molecule has 6 heteroatoms. The number of fused-ring (bicyclic) bond motifs is 1. The number of nitrogens with zero attached hydrogens (tertiary/aromatic N) is 3. The molecule has 0 unspecified atom stereocenters. The Balaban J connectivity index is 1.39. The quantitative estimate of drug-likeness (QED) is 0.484. The smallest absolute Gasteiger partial charge is 0.227 e. The number of imidazole rings is 1. The van der Waals surface area contributed by atoms with Crippen molar-refractivity contribution in [3.05, 3.63) is 90.8 Å². The number of aromatic nitrogens is 2. The molecule has 0 radical (unpaired) electrons. The van der Waals surface area contributed by atoms with Crippen molar-refractivity contribution in [2.24, 2.45) is 0 Å².